The number of fused-ring (bicyclic) bond motifs is 1. The van der Waals surface area contributed by atoms with Crippen molar-refractivity contribution in [1.82, 2.24) is 10.6 Å². The molecule has 0 aromatic heterocycles. The van der Waals surface area contributed by atoms with Crippen LogP contribution in [0.1, 0.15) is 34.8 Å². The molecule has 1 spiro atoms. The summed E-state index contributed by atoms with van der Waals surface area (Å²) < 4.78 is 0. The molecule has 0 bridgehead atoms. The lowest BCUT2D eigenvalue weighted by Gasteiger charge is -2.31. The summed E-state index contributed by atoms with van der Waals surface area (Å²) in [6, 6.07) is 5.12. The molecule has 3 amide bonds. The Kier molecular flexibility index (Phi) is 2.45. The van der Waals surface area contributed by atoms with Gasteiger partial charge in [0, 0.05) is 12.0 Å². The second-order valence-electron chi connectivity index (χ2n) is 5.21. The zero-order chi connectivity index (χ0) is 13.6. The van der Waals surface area contributed by atoms with Crippen molar-refractivity contribution in [3.8, 4) is 0 Å². The van der Waals surface area contributed by atoms with Crippen LogP contribution in [0, 0.1) is 0 Å². The molecule has 1 aliphatic carbocycles. The molecule has 2 aliphatic rings. The number of benzene rings is 1. The van der Waals surface area contributed by atoms with Gasteiger partial charge in [0.15, 0.2) is 5.78 Å². The summed E-state index contributed by atoms with van der Waals surface area (Å²) in [5.41, 5.74) is 2.00. The molecule has 1 aromatic rings. The van der Waals surface area contributed by atoms with Gasteiger partial charge in [0.05, 0.1) is 0 Å². The lowest BCUT2D eigenvalue weighted by molar-refractivity contribution is -0.124. The van der Waals surface area contributed by atoms with E-state index in [4.69, 9.17) is 0 Å². The molecule has 98 valence electrons. The molecule has 0 radical (unpaired) electrons. The van der Waals surface area contributed by atoms with Crippen molar-refractivity contribution in [2.45, 2.75) is 31.7 Å². The van der Waals surface area contributed by atoms with Crippen molar-refractivity contribution < 1.29 is 14.4 Å². The van der Waals surface area contributed by atoms with Crippen molar-refractivity contribution in [2.75, 3.05) is 0 Å². The van der Waals surface area contributed by atoms with Crippen LogP contribution in [-0.4, -0.2) is 23.3 Å². The minimum Gasteiger partial charge on any atom is -0.323 e. The van der Waals surface area contributed by atoms with Crippen LogP contribution in [0.25, 0.3) is 0 Å². The maximum atomic E-state index is 11.9. The predicted octanol–water partition coefficient (Wildman–Crippen LogP) is 0.956. The van der Waals surface area contributed by atoms with Crippen LogP contribution in [0.5, 0.6) is 0 Å². The first kappa shape index (κ1) is 11.9. The molecule has 1 heterocycles. The van der Waals surface area contributed by atoms with E-state index < -0.39 is 11.6 Å². The van der Waals surface area contributed by atoms with Crippen molar-refractivity contribution in [3.63, 3.8) is 0 Å². The molecular formula is C14H14N2O3. The standard InChI is InChI=1S/C14H14N2O3/c1-8(17)9-2-3-11-7-14(5-4-10(11)6-9)12(18)15-13(19)16-14/h2-3,6H,4-5,7H2,1H3,(H2,15,16,18,19). The summed E-state index contributed by atoms with van der Waals surface area (Å²) in [6.07, 6.45) is 1.74. The fourth-order valence-corrected chi connectivity index (χ4v) is 2.84. The average molecular weight is 258 g/mol. The van der Waals surface area contributed by atoms with Gasteiger partial charge in [0.25, 0.3) is 5.91 Å². The third-order valence-corrected chi connectivity index (χ3v) is 3.94. The van der Waals surface area contributed by atoms with E-state index in [1.54, 1.807) is 6.07 Å². The van der Waals surface area contributed by atoms with Gasteiger partial charge in [-0.1, -0.05) is 12.1 Å². The Hall–Kier alpha value is -2.17. The van der Waals surface area contributed by atoms with Crippen LogP contribution >= 0.6 is 0 Å². The van der Waals surface area contributed by atoms with Gasteiger partial charge in [-0.05, 0) is 37.0 Å². The molecule has 1 saturated heterocycles. The predicted molar refractivity (Wildman–Crippen MR) is 67.9 cm³/mol. The van der Waals surface area contributed by atoms with E-state index in [2.05, 4.69) is 10.6 Å². The summed E-state index contributed by atoms with van der Waals surface area (Å²) in [7, 11) is 0. The number of nitrogens with one attached hydrogen (secondary N) is 2. The molecule has 1 unspecified atom stereocenters. The average Bonchev–Trinajstić information content (AvgIpc) is 2.63. The largest absolute Gasteiger partial charge is 0.323 e. The van der Waals surface area contributed by atoms with Gasteiger partial charge in [-0.3, -0.25) is 14.9 Å². The Labute approximate surface area is 110 Å². The van der Waals surface area contributed by atoms with Crippen LogP contribution in [0.2, 0.25) is 0 Å². The number of imide groups is 1. The first-order valence-corrected chi connectivity index (χ1v) is 6.26. The molecule has 1 fully saturated rings. The number of hydrogen-bond acceptors (Lipinski definition) is 3. The SMILES string of the molecule is CC(=O)c1ccc2c(c1)CCC1(C2)NC(=O)NC1=O. The maximum absolute atomic E-state index is 11.9. The Morgan fingerprint density at radius 3 is 2.68 bits per heavy atom. The lowest BCUT2D eigenvalue weighted by Crippen LogP contribution is -2.51. The fraction of sp³-hybridized carbons (Fsp3) is 0.357. The fourth-order valence-electron chi connectivity index (χ4n) is 2.84. The van der Waals surface area contributed by atoms with E-state index in [1.807, 2.05) is 12.1 Å². The van der Waals surface area contributed by atoms with Crippen molar-refractivity contribution in [3.05, 3.63) is 34.9 Å². The Bertz CT molecular complexity index is 609. The van der Waals surface area contributed by atoms with Crippen molar-refractivity contribution in [2.24, 2.45) is 0 Å². The Morgan fingerprint density at radius 2 is 2.05 bits per heavy atom. The molecule has 0 saturated carbocycles. The number of Topliss-reactive ketones (excluding diaryl/α,β-unsaturated/α-hetero) is 1. The van der Waals surface area contributed by atoms with Gasteiger partial charge in [0.2, 0.25) is 0 Å². The highest BCUT2D eigenvalue weighted by atomic mass is 16.2. The first-order valence-electron chi connectivity index (χ1n) is 6.26. The van der Waals surface area contributed by atoms with E-state index in [1.165, 1.54) is 6.92 Å². The van der Waals surface area contributed by atoms with Crippen LogP contribution in [0.4, 0.5) is 4.79 Å². The molecule has 1 atom stereocenters. The van der Waals surface area contributed by atoms with Crippen LogP contribution in [-0.2, 0) is 17.6 Å². The highest BCUT2D eigenvalue weighted by Gasteiger charge is 2.47. The quantitative estimate of drug-likeness (QED) is 0.582. The highest BCUT2D eigenvalue weighted by Crippen LogP contribution is 2.31. The van der Waals surface area contributed by atoms with Gasteiger partial charge in [-0.2, -0.15) is 0 Å². The molecule has 1 aliphatic heterocycles. The van der Waals surface area contributed by atoms with Crippen molar-refractivity contribution >= 4 is 17.7 Å². The number of carbonyl (C=O) groups excluding carboxylic acids is 3. The smallest absolute Gasteiger partial charge is 0.322 e. The summed E-state index contributed by atoms with van der Waals surface area (Å²) in [5.74, 6) is -0.214. The number of carbonyl (C=O) groups is 3. The topological polar surface area (TPSA) is 75.3 Å². The van der Waals surface area contributed by atoms with Gasteiger partial charge in [-0.15, -0.1) is 0 Å². The molecule has 3 rings (SSSR count). The van der Waals surface area contributed by atoms with E-state index in [-0.39, 0.29) is 11.7 Å². The maximum Gasteiger partial charge on any atom is 0.322 e. The molecule has 19 heavy (non-hydrogen) atoms. The van der Waals surface area contributed by atoms with Gasteiger partial charge < -0.3 is 5.32 Å². The monoisotopic (exact) mass is 258 g/mol. The highest BCUT2D eigenvalue weighted by molar-refractivity contribution is 6.07. The minimum absolute atomic E-state index is 0.0370. The number of urea groups is 1. The summed E-state index contributed by atoms with van der Waals surface area (Å²) in [6.45, 7) is 1.54. The normalized spacial score (nSPS) is 24.9. The van der Waals surface area contributed by atoms with Crippen LogP contribution < -0.4 is 10.6 Å². The van der Waals surface area contributed by atoms with Gasteiger partial charge >= 0.3 is 6.03 Å². The molecule has 5 heteroatoms. The number of amides is 3. The third kappa shape index (κ3) is 1.82. The first-order chi connectivity index (χ1) is 9.00. The number of aryl methyl sites for hydroxylation is 1. The summed E-state index contributed by atoms with van der Waals surface area (Å²) >= 11 is 0. The zero-order valence-electron chi connectivity index (χ0n) is 10.6. The molecule has 2 N–H and O–H groups in total. The van der Waals surface area contributed by atoms with E-state index in [0.29, 0.717) is 24.8 Å². The van der Waals surface area contributed by atoms with Crippen molar-refractivity contribution in [1.29, 1.82) is 0 Å². The molecule has 1 aromatic carbocycles. The van der Waals surface area contributed by atoms with E-state index in [0.717, 1.165) is 11.1 Å². The summed E-state index contributed by atoms with van der Waals surface area (Å²) in [4.78, 5) is 34.5. The second-order valence-corrected chi connectivity index (χ2v) is 5.21. The molecule has 5 nitrogen and oxygen atoms in total. The number of rotatable bonds is 1. The van der Waals surface area contributed by atoms with E-state index in [9.17, 15) is 14.4 Å². The third-order valence-electron chi connectivity index (χ3n) is 3.94. The van der Waals surface area contributed by atoms with Crippen LogP contribution in [0.3, 0.4) is 0 Å². The second kappa shape index (κ2) is 3.91. The molecular weight excluding hydrogens is 244 g/mol. The summed E-state index contributed by atoms with van der Waals surface area (Å²) in [5, 5.41) is 5.03. The number of ketones is 1. The number of hydrogen-bond donors (Lipinski definition) is 2. The Balaban J connectivity index is 1.95. The Morgan fingerprint density at radius 1 is 1.26 bits per heavy atom. The lowest BCUT2D eigenvalue weighted by atomic mass is 9.77. The van der Waals surface area contributed by atoms with E-state index >= 15 is 0 Å². The zero-order valence-corrected chi connectivity index (χ0v) is 10.6. The minimum atomic E-state index is -0.804. The van der Waals surface area contributed by atoms with Crippen LogP contribution in [0.15, 0.2) is 18.2 Å². The van der Waals surface area contributed by atoms with Gasteiger partial charge in [-0.25, -0.2) is 4.79 Å². The van der Waals surface area contributed by atoms with Gasteiger partial charge in [0.1, 0.15) is 5.54 Å².